The number of alkyl halides is 2. The fourth-order valence-electron chi connectivity index (χ4n) is 1.59. The Morgan fingerprint density at radius 3 is 2.65 bits per heavy atom. The van der Waals surface area contributed by atoms with Gasteiger partial charge in [0.05, 0.1) is 6.61 Å². The van der Waals surface area contributed by atoms with Gasteiger partial charge in [0.15, 0.2) is 0 Å². The molecule has 0 aromatic carbocycles. The average Bonchev–Trinajstić information content (AvgIpc) is 2.40. The van der Waals surface area contributed by atoms with Gasteiger partial charge in [-0.25, -0.2) is 18.6 Å². The molecule has 0 fully saturated rings. The molecule has 1 heterocycles. The van der Waals surface area contributed by atoms with Crippen molar-refractivity contribution in [3.63, 3.8) is 0 Å². The monoisotopic (exact) mass is 394 g/mol. The standard InChI is InChI=1S/C15H21BrF2N2O3/c1-15(2,3)23-14(21)19-6-4-5-7-22-12-9-10(16)8-11(20-12)13(17)18/h8-9,13H,4-7H2,1-3H3,(H,19,21). The first-order valence-corrected chi connectivity index (χ1v) is 8.02. The predicted molar refractivity (Wildman–Crippen MR) is 85.9 cm³/mol. The number of carbonyl (C=O) groups is 1. The van der Waals surface area contributed by atoms with Crippen LogP contribution in [0.25, 0.3) is 0 Å². The molecule has 0 aliphatic carbocycles. The molecule has 1 N–H and O–H groups in total. The lowest BCUT2D eigenvalue weighted by atomic mass is 10.2. The molecule has 130 valence electrons. The third kappa shape index (κ3) is 8.68. The molecule has 0 saturated heterocycles. The van der Waals surface area contributed by atoms with E-state index >= 15 is 0 Å². The molecular weight excluding hydrogens is 374 g/mol. The Bertz CT molecular complexity index is 522. The predicted octanol–water partition coefficient (Wildman–Crippen LogP) is 4.47. The van der Waals surface area contributed by atoms with Crippen molar-refractivity contribution in [1.29, 1.82) is 0 Å². The summed E-state index contributed by atoms with van der Waals surface area (Å²) in [6.45, 7) is 6.14. The highest BCUT2D eigenvalue weighted by Gasteiger charge is 2.15. The minimum atomic E-state index is -2.65. The number of aromatic nitrogens is 1. The van der Waals surface area contributed by atoms with Crippen molar-refractivity contribution in [3.05, 3.63) is 22.3 Å². The number of ether oxygens (including phenoxy) is 2. The van der Waals surface area contributed by atoms with E-state index in [1.54, 1.807) is 20.8 Å². The zero-order chi connectivity index (χ0) is 17.5. The highest BCUT2D eigenvalue weighted by molar-refractivity contribution is 9.10. The largest absolute Gasteiger partial charge is 0.478 e. The molecule has 1 amide bonds. The molecule has 0 spiro atoms. The van der Waals surface area contributed by atoms with Crippen molar-refractivity contribution in [1.82, 2.24) is 10.3 Å². The second-order valence-corrected chi connectivity index (χ2v) is 6.75. The van der Waals surface area contributed by atoms with Crippen LogP contribution in [0, 0.1) is 0 Å². The summed E-state index contributed by atoms with van der Waals surface area (Å²) < 4.78 is 36.2. The maximum Gasteiger partial charge on any atom is 0.407 e. The molecule has 0 aliphatic rings. The summed E-state index contributed by atoms with van der Waals surface area (Å²) in [6.07, 6.45) is -1.79. The average molecular weight is 395 g/mol. The summed E-state index contributed by atoms with van der Waals surface area (Å²) in [7, 11) is 0. The molecule has 1 aromatic rings. The number of nitrogens with zero attached hydrogens (tertiary/aromatic N) is 1. The van der Waals surface area contributed by atoms with Gasteiger partial charge in [0.1, 0.15) is 11.3 Å². The molecule has 5 nitrogen and oxygen atoms in total. The van der Waals surface area contributed by atoms with Crippen molar-refractivity contribution >= 4 is 22.0 Å². The third-order valence-electron chi connectivity index (χ3n) is 2.50. The second-order valence-electron chi connectivity index (χ2n) is 5.83. The van der Waals surface area contributed by atoms with Gasteiger partial charge >= 0.3 is 6.09 Å². The summed E-state index contributed by atoms with van der Waals surface area (Å²) >= 11 is 3.14. The fourth-order valence-corrected chi connectivity index (χ4v) is 2.02. The quantitative estimate of drug-likeness (QED) is 0.693. The van der Waals surface area contributed by atoms with Crippen molar-refractivity contribution in [2.24, 2.45) is 0 Å². The van der Waals surface area contributed by atoms with Crippen LogP contribution in [0.5, 0.6) is 5.88 Å². The summed E-state index contributed by atoms with van der Waals surface area (Å²) in [4.78, 5) is 15.1. The van der Waals surface area contributed by atoms with E-state index in [1.165, 1.54) is 12.1 Å². The molecular formula is C15H21BrF2N2O3. The van der Waals surface area contributed by atoms with Gasteiger partial charge in [-0.05, 0) is 39.7 Å². The van der Waals surface area contributed by atoms with Crippen molar-refractivity contribution in [3.8, 4) is 5.88 Å². The Morgan fingerprint density at radius 1 is 1.35 bits per heavy atom. The highest BCUT2D eigenvalue weighted by atomic mass is 79.9. The molecule has 1 rings (SSSR count). The van der Waals surface area contributed by atoms with Gasteiger partial charge < -0.3 is 14.8 Å². The lowest BCUT2D eigenvalue weighted by molar-refractivity contribution is 0.0526. The molecule has 0 saturated carbocycles. The van der Waals surface area contributed by atoms with E-state index in [9.17, 15) is 13.6 Å². The molecule has 8 heteroatoms. The van der Waals surface area contributed by atoms with Gasteiger partial charge in [-0.2, -0.15) is 0 Å². The van der Waals surface area contributed by atoms with Crippen molar-refractivity contribution in [2.45, 2.75) is 45.6 Å². The number of hydrogen-bond donors (Lipinski definition) is 1. The summed E-state index contributed by atoms with van der Waals surface area (Å²) in [5, 5.41) is 2.63. The molecule has 0 bridgehead atoms. The number of pyridine rings is 1. The smallest absolute Gasteiger partial charge is 0.407 e. The minimum Gasteiger partial charge on any atom is -0.478 e. The van der Waals surface area contributed by atoms with E-state index in [0.717, 1.165) is 0 Å². The van der Waals surface area contributed by atoms with Gasteiger partial charge in [0.25, 0.3) is 6.43 Å². The summed E-state index contributed by atoms with van der Waals surface area (Å²) in [5.41, 5.74) is -0.858. The minimum absolute atomic E-state index is 0.148. The Balaban J connectivity index is 2.24. The van der Waals surface area contributed by atoms with E-state index < -0.39 is 18.1 Å². The van der Waals surface area contributed by atoms with E-state index in [-0.39, 0.29) is 11.6 Å². The third-order valence-corrected chi connectivity index (χ3v) is 2.96. The van der Waals surface area contributed by atoms with Crippen LogP contribution in [0.4, 0.5) is 13.6 Å². The van der Waals surface area contributed by atoms with Gasteiger partial charge in [-0.15, -0.1) is 0 Å². The normalized spacial score (nSPS) is 11.4. The zero-order valence-electron chi connectivity index (χ0n) is 13.4. The highest BCUT2D eigenvalue weighted by Crippen LogP contribution is 2.24. The van der Waals surface area contributed by atoms with Crippen molar-refractivity contribution < 1.29 is 23.0 Å². The maximum absolute atomic E-state index is 12.6. The number of halogens is 3. The summed E-state index contributed by atoms with van der Waals surface area (Å²) in [5.74, 6) is 0.148. The Labute approximate surface area is 142 Å². The molecule has 0 atom stereocenters. The second kappa shape index (κ2) is 9.00. The lowest BCUT2D eigenvalue weighted by Crippen LogP contribution is -2.33. The van der Waals surface area contributed by atoms with Crippen molar-refractivity contribution in [2.75, 3.05) is 13.2 Å². The van der Waals surface area contributed by atoms with E-state index in [1.807, 2.05) is 0 Å². The number of rotatable bonds is 7. The topological polar surface area (TPSA) is 60.5 Å². The first kappa shape index (κ1) is 19.6. The Kier molecular flexibility index (Phi) is 7.67. The van der Waals surface area contributed by atoms with Gasteiger partial charge in [0, 0.05) is 17.1 Å². The lowest BCUT2D eigenvalue weighted by Gasteiger charge is -2.19. The van der Waals surface area contributed by atoms with Crippen LogP contribution < -0.4 is 10.1 Å². The Hall–Kier alpha value is -1.44. The van der Waals surface area contributed by atoms with Crippen LogP contribution in [0.15, 0.2) is 16.6 Å². The van der Waals surface area contributed by atoms with Gasteiger partial charge in [-0.3, -0.25) is 0 Å². The molecule has 0 radical (unpaired) electrons. The Morgan fingerprint density at radius 2 is 2.04 bits per heavy atom. The van der Waals surface area contributed by atoms with E-state index in [0.29, 0.717) is 30.5 Å². The molecule has 23 heavy (non-hydrogen) atoms. The van der Waals surface area contributed by atoms with E-state index in [2.05, 4.69) is 26.2 Å². The fraction of sp³-hybridized carbons (Fsp3) is 0.600. The number of carbonyl (C=O) groups excluding carboxylic acids is 1. The number of nitrogens with one attached hydrogen (secondary N) is 1. The molecule has 1 aromatic heterocycles. The number of amides is 1. The zero-order valence-corrected chi connectivity index (χ0v) is 15.0. The van der Waals surface area contributed by atoms with E-state index in [4.69, 9.17) is 9.47 Å². The van der Waals surface area contributed by atoms with Crippen LogP contribution in [-0.4, -0.2) is 29.8 Å². The number of unbranched alkanes of at least 4 members (excludes halogenated alkanes) is 1. The number of hydrogen-bond acceptors (Lipinski definition) is 4. The molecule has 0 aliphatic heterocycles. The summed E-state index contributed by atoms with van der Waals surface area (Å²) in [6, 6.07) is 2.78. The molecule has 0 unspecified atom stereocenters. The van der Waals surface area contributed by atoms with Gasteiger partial charge in [0.2, 0.25) is 5.88 Å². The van der Waals surface area contributed by atoms with Crippen LogP contribution in [0.1, 0.15) is 45.7 Å². The number of alkyl carbamates (subject to hydrolysis) is 1. The first-order valence-electron chi connectivity index (χ1n) is 7.22. The van der Waals surface area contributed by atoms with Crippen LogP contribution in [0.2, 0.25) is 0 Å². The SMILES string of the molecule is CC(C)(C)OC(=O)NCCCCOc1cc(Br)cc(C(F)F)n1. The first-order chi connectivity index (χ1) is 10.7. The van der Waals surface area contributed by atoms with Crippen LogP contribution in [-0.2, 0) is 4.74 Å². The van der Waals surface area contributed by atoms with Gasteiger partial charge in [-0.1, -0.05) is 15.9 Å². The van der Waals surface area contributed by atoms with Crippen LogP contribution >= 0.6 is 15.9 Å². The maximum atomic E-state index is 12.6. The van der Waals surface area contributed by atoms with Crippen LogP contribution in [0.3, 0.4) is 0 Å².